The van der Waals surface area contributed by atoms with Crippen LogP contribution in [-0.2, 0) is 9.84 Å². The molecule has 1 aromatic rings. The Morgan fingerprint density at radius 1 is 1.30 bits per heavy atom. The lowest BCUT2D eigenvalue weighted by molar-refractivity contribution is 0.312. The van der Waals surface area contributed by atoms with E-state index in [9.17, 15) is 8.42 Å². The van der Waals surface area contributed by atoms with Gasteiger partial charge in [-0.3, -0.25) is 4.99 Å². The fraction of sp³-hybridized carbons (Fsp3) is 0.632. The van der Waals surface area contributed by atoms with Crippen LogP contribution in [0.5, 0.6) is 5.75 Å². The lowest BCUT2D eigenvalue weighted by Gasteiger charge is -2.39. The Balaban J connectivity index is 0.00000364. The van der Waals surface area contributed by atoms with E-state index < -0.39 is 14.6 Å². The van der Waals surface area contributed by atoms with Crippen LogP contribution in [0.15, 0.2) is 29.3 Å². The van der Waals surface area contributed by atoms with Crippen molar-refractivity contribution in [1.29, 1.82) is 0 Å². The SMILES string of the molecule is CCNC(=NCCCOc1ccc(C)cc1)N1CCS(=O)(=O)C(C)(C)C1.I. The Morgan fingerprint density at radius 3 is 2.56 bits per heavy atom. The second-order valence-corrected chi connectivity index (χ2v) is 9.99. The number of nitrogens with one attached hydrogen (secondary N) is 1. The van der Waals surface area contributed by atoms with E-state index in [1.165, 1.54) is 5.56 Å². The maximum Gasteiger partial charge on any atom is 0.193 e. The van der Waals surface area contributed by atoms with Gasteiger partial charge in [-0.05, 0) is 39.8 Å². The Labute approximate surface area is 180 Å². The maximum absolute atomic E-state index is 12.2. The quantitative estimate of drug-likeness (QED) is 0.277. The normalized spacial score (nSPS) is 18.5. The number of aliphatic imine (C=N–C) groups is 1. The van der Waals surface area contributed by atoms with Gasteiger partial charge in [0.25, 0.3) is 0 Å². The first-order valence-corrected chi connectivity index (χ1v) is 10.9. The summed E-state index contributed by atoms with van der Waals surface area (Å²) in [6, 6.07) is 8.00. The number of ether oxygens (including phenoxy) is 1. The van der Waals surface area contributed by atoms with Crippen molar-refractivity contribution < 1.29 is 13.2 Å². The fourth-order valence-corrected chi connectivity index (χ4v) is 4.19. The number of aryl methyl sites for hydroxylation is 1. The maximum atomic E-state index is 12.2. The van der Waals surface area contributed by atoms with E-state index in [1.54, 1.807) is 13.8 Å². The van der Waals surface area contributed by atoms with Gasteiger partial charge in [0.1, 0.15) is 5.75 Å². The van der Waals surface area contributed by atoms with Crippen LogP contribution in [-0.4, -0.2) is 62.6 Å². The summed E-state index contributed by atoms with van der Waals surface area (Å²) in [5.74, 6) is 1.82. The molecule has 0 bridgehead atoms. The third kappa shape index (κ3) is 6.81. The molecule has 0 saturated carbocycles. The summed E-state index contributed by atoms with van der Waals surface area (Å²) >= 11 is 0. The van der Waals surface area contributed by atoms with E-state index in [0.717, 1.165) is 24.7 Å². The number of rotatable bonds is 6. The van der Waals surface area contributed by atoms with Crippen molar-refractivity contribution in [1.82, 2.24) is 10.2 Å². The minimum Gasteiger partial charge on any atom is -0.494 e. The Bertz CT molecular complexity index is 718. The molecule has 1 saturated heterocycles. The average molecular weight is 509 g/mol. The number of hydrogen-bond acceptors (Lipinski definition) is 4. The zero-order valence-corrected chi connectivity index (χ0v) is 19.8. The van der Waals surface area contributed by atoms with Gasteiger partial charge in [-0.15, -0.1) is 24.0 Å². The third-order valence-electron chi connectivity index (χ3n) is 4.53. The summed E-state index contributed by atoms with van der Waals surface area (Å²) < 4.78 is 29.3. The van der Waals surface area contributed by atoms with E-state index in [0.29, 0.717) is 26.2 Å². The molecule has 1 heterocycles. The first-order valence-electron chi connectivity index (χ1n) is 9.20. The van der Waals surface area contributed by atoms with Gasteiger partial charge < -0.3 is 15.0 Å². The van der Waals surface area contributed by atoms with Crippen molar-refractivity contribution in [2.24, 2.45) is 4.99 Å². The zero-order valence-electron chi connectivity index (χ0n) is 16.7. The van der Waals surface area contributed by atoms with Crippen LogP contribution in [0.3, 0.4) is 0 Å². The van der Waals surface area contributed by atoms with E-state index in [-0.39, 0.29) is 29.7 Å². The Kier molecular flexibility index (Phi) is 9.33. The summed E-state index contributed by atoms with van der Waals surface area (Å²) in [6.07, 6.45) is 0.804. The zero-order chi connectivity index (χ0) is 19.2. The first-order chi connectivity index (χ1) is 12.2. The van der Waals surface area contributed by atoms with Crippen LogP contribution in [0.2, 0.25) is 0 Å². The van der Waals surface area contributed by atoms with Crippen LogP contribution in [0.25, 0.3) is 0 Å². The molecule has 2 rings (SSSR count). The minimum atomic E-state index is -3.05. The molecule has 0 aromatic heterocycles. The molecule has 0 unspecified atom stereocenters. The van der Waals surface area contributed by atoms with Crippen LogP contribution < -0.4 is 10.1 Å². The standard InChI is InChI=1S/C19H31N3O3S.HI/c1-5-20-18(22-12-14-26(23,24)19(3,4)15-22)21-11-6-13-25-17-9-7-16(2)8-10-17;/h7-10H,5-6,11-15H2,1-4H3,(H,20,21);1H. The second kappa shape index (κ2) is 10.5. The molecule has 27 heavy (non-hydrogen) atoms. The molecular weight excluding hydrogens is 477 g/mol. The molecule has 1 fully saturated rings. The molecule has 1 aromatic carbocycles. The smallest absolute Gasteiger partial charge is 0.193 e. The van der Waals surface area contributed by atoms with E-state index in [4.69, 9.17) is 4.74 Å². The molecule has 0 spiro atoms. The summed E-state index contributed by atoms with van der Waals surface area (Å²) in [7, 11) is -3.05. The van der Waals surface area contributed by atoms with Crippen molar-refractivity contribution in [2.75, 3.05) is 38.5 Å². The van der Waals surface area contributed by atoms with Gasteiger partial charge >= 0.3 is 0 Å². The summed E-state index contributed by atoms with van der Waals surface area (Å²) in [5, 5.41) is 3.27. The van der Waals surface area contributed by atoms with E-state index in [1.807, 2.05) is 43.0 Å². The molecule has 154 valence electrons. The van der Waals surface area contributed by atoms with Gasteiger partial charge in [0, 0.05) is 32.6 Å². The molecule has 6 nitrogen and oxygen atoms in total. The third-order valence-corrected chi connectivity index (χ3v) is 7.06. The Hall–Kier alpha value is -1.03. The number of hydrogen-bond donors (Lipinski definition) is 1. The Morgan fingerprint density at radius 2 is 1.96 bits per heavy atom. The van der Waals surface area contributed by atoms with E-state index in [2.05, 4.69) is 10.3 Å². The molecule has 8 heteroatoms. The molecule has 1 aliphatic rings. The van der Waals surface area contributed by atoms with Crippen LogP contribution in [0.1, 0.15) is 32.8 Å². The highest BCUT2D eigenvalue weighted by Crippen LogP contribution is 2.23. The molecule has 0 aliphatic carbocycles. The topological polar surface area (TPSA) is 71.0 Å². The number of halogens is 1. The largest absolute Gasteiger partial charge is 0.494 e. The molecule has 0 amide bonds. The van der Waals surface area contributed by atoms with Gasteiger partial charge in [0.2, 0.25) is 0 Å². The van der Waals surface area contributed by atoms with Gasteiger partial charge in [0.15, 0.2) is 15.8 Å². The van der Waals surface area contributed by atoms with Crippen LogP contribution in [0.4, 0.5) is 0 Å². The predicted octanol–water partition coefficient (Wildman–Crippen LogP) is 2.86. The number of nitrogens with zero attached hydrogens (tertiary/aromatic N) is 2. The summed E-state index contributed by atoms with van der Waals surface area (Å²) in [6.45, 7) is 10.6. The highest BCUT2D eigenvalue weighted by Gasteiger charge is 2.40. The molecule has 1 aliphatic heterocycles. The van der Waals surface area contributed by atoms with Crippen molar-refractivity contribution in [3.63, 3.8) is 0 Å². The first kappa shape index (κ1) is 24.0. The van der Waals surface area contributed by atoms with E-state index >= 15 is 0 Å². The number of benzene rings is 1. The monoisotopic (exact) mass is 509 g/mol. The van der Waals surface area contributed by atoms with Crippen LogP contribution >= 0.6 is 24.0 Å². The van der Waals surface area contributed by atoms with Gasteiger partial charge in [-0.25, -0.2) is 8.42 Å². The number of guanidine groups is 1. The van der Waals surface area contributed by atoms with Gasteiger partial charge in [0.05, 0.1) is 17.1 Å². The lowest BCUT2D eigenvalue weighted by atomic mass is 10.2. The molecule has 1 N–H and O–H groups in total. The van der Waals surface area contributed by atoms with Crippen molar-refractivity contribution in [2.45, 2.75) is 38.9 Å². The summed E-state index contributed by atoms with van der Waals surface area (Å²) in [4.78, 5) is 6.70. The van der Waals surface area contributed by atoms with Crippen molar-refractivity contribution in [3.8, 4) is 5.75 Å². The summed E-state index contributed by atoms with van der Waals surface area (Å²) in [5.41, 5.74) is 1.21. The average Bonchev–Trinajstić information content (AvgIpc) is 2.58. The van der Waals surface area contributed by atoms with Gasteiger partial charge in [-0.2, -0.15) is 0 Å². The fourth-order valence-electron chi connectivity index (χ4n) is 2.82. The van der Waals surface area contributed by atoms with Crippen molar-refractivity contribution in [3.05, 3.63) is 29.8 Å². The predicted molar refractivity (Wildman–Crippen MR) is 122 cm³/mol. The molecular formula is C19H32IN3O3S. The van der Waals surface area contributed by atoms with Crippen LogP contribution in [0, 0.1) is 6.92 Å². The number of sulfone groups is 1. The highest BCUT2D eigenvalue weighted by molar-refractivity contribution is 14.0. The molecule has 0 atom stereocenters. The lowest BCUT2D eigenvalue weighted by Crippen LogP contribution is -2.57. The van der Waals surface area contributed by atoms with Crippen molar-refractivity contribution >= 4 is 39.8 Å². The molecule has 0 radical (unpaired) electrons. The minimum absolute atomic E-state index is 0. The van der Waals surface area contributed by atoms with Gasteiger partial charge in [-0.1, -0.05) is 17.7 Å². The highest BCUT2D eigenvalue weighted by atomic mass is 127. The second-order valence-electron chi connectivity index (χ2n) is 7.25.